The van der Waals surface area contributed by atoms with Gasteiger partial charge in [-0.05, 0) is 26.8 Å². The number of fused-ring (bicyclic) bond motifs is 1. The second-order valence-corrected chi connectivity index (χ2v) is 6.30. The van der Waals surface area contributed by atoms with Crippen LogP contribution >= 0.6 is 0 Å². The highest BCUT2D eigenvalue weighted by atomic mass is 16.5. The summed E-state index contributed by atoms with van der Waals surface area (Å²) in [7, 11) is 3.34. The van der Waals surface area contributed by atoms with Crippen molar-refractivity contribution in [2.45, 2.75) is 20.8 Å². The van der Waals surface area contributed by atoms with Crippen LogP contribution in [0.1, 0.15) is 20.8 Å². The van der Waals surface area contributed by atoms with Gasteiger partial charge in [0.05, 0.1) is 39.6 Å². The van der Waals surface area contributed by atoms with Gasteiger partial charge in [-0.2, -0.15) is 0 Å². The van der Waals surface area contributed by atoms with E-state index in [1.165, 1.54) is 0 Å². The van der Waals surface area contributed by atoms with Crippen LogP contribution in [0.15, 0.2) is 42.5 Å². The first-order valence-electron chi connectivity index (χ1n) is 9.88. The first kappa shape index (κ1) is 20.6. The summed E-state index contributed by atoms with van der Waals surface area (Å²) >= 11 is 0. The van der Waals surface area contributed by atoms with Gasteiger partial charge in [0, 0.05) is 28.5 Å². The maximum Gasteiger partial charge on any atom is 0.135 e. The second-order valence-electron chi connectivity index (χ2n) is 6.30. The largest absolute Gasteiger partial charge is 0.496 e. The second kappa shape index (κ2) is 9.41. The molecule has 3 rings (SSSR count). The molecule has 0 aliphatic rings. The molecule has 0 aliphatic carbocycles. The van der Waals surface area contributed by atoms with Crippen molar-refractivity contribution >= 4 is 10.8 Å². The van der Waals surface area contributed by atoms with Crippen LogP contribution in [0, 0.1) is 0 Å². The standard InChI is InChI=1S/C24H28O5/c1-6-27-16-13-21(28-7-2)23(22(14-16)29-8-3)19-15-20(25-4)17-11-9-10-12-18(17)24(19)26-5/h9-15H,6-8H2,1-5H3. The zero-order valence-electron chi connectivity index (χ0n) is 17.7. The molecule has 0 spiro atoms. The Morgan fingerprint density at radius 3 is 1.76 bits per heavy atom. The highest BCUT2D eigenvalue weighted by Gasteiger charge is 2.23. The van der Waals surface area contributed by atoms with E-state index in [9.17, 15) is 0 Å². The molecular weight excluding hydrogens is 368 g/mol. The smallest absolute Gasteiger partial charge is 0.135 e. The van der Waals surface area contributed by atoms with Crippen LogP contribution in [-0.2, 0) is 0 Å². The molecule has 0 saturated heterocycles. The Bertz CT molecular complexity index is 953. The van der Waals surface area contributed by atoms with Crippen LogP contribution in [-0.4, -0.2) is 34.0 Å². The molecule has 0 atom stereocenters. The van der Waals surface area contributed by atoms with E-state index < -0.39 is 0 Å². The van der Waals surface area contributed by atoms with Crippen molar-refractivity contribution in [1.82, 2.24) is 0 Å². The number of hydrogen-bond acceptors (Lipinski definition) is 5. The lowest BCUT2D eigenvalue weighted by molar-refractivity contribution is 0.308. The minimum absolute atomic E-state index is 0.515. The maximum absolute atomic E-state index is 5.99. The minimum Gasteiger partial charge on any atom is -0.496 e. The fourth-order valence-electron chi connectivity index (χ4n) is 3.51. The van der Waals surface area contributed by atoms with E-state index in [0.29, 0.717) is 37.1 Å². The van der Waals surface area contributed by atoms with E-state index in [-0.39, 0.29) is 0 Å². The lowest BCUT2D eigenvalue weighted by Gasteiger charge is -2.21. The van der Waals surface area contributed by atoms with Gasteiger partial charge in [-0.25, -0.2) is 0 Å². The third-order valence-electron chi connectivity index (χ3n) is 4.60. The number of hydrogen-bond donors (Lipinski definition) is 0. The SMILES string of the molecule is CCOc1cc(OCC)c(-c2cc(OC)c3ccccc3c2OC)c(OCC)c1. The van der Waals surface area contributed by atoms with Gasteiger partial charge in [-0.1, -0.05) is 24.3 Å². The molecule has 0 fully saturated rings. The molecule has 0 aromatic heterocycles. The monoisotopic (exact) mass is 396 g/mol. The Kier molecular flexibility index (Phi) is 6.70. The van der Waals surface area contributed by atoms with E-state index in [1.807, 2.05) is 63.2 Å². The Balaban J connectivity index is 2.38. The average Bonchev–Trinajstić information content (AvgIpc) is 2.73. The number of rotatable bonds is 9. The molecule has 0 heterocycles. The van der Waals surface area contributed by atoms with E-state index in [1.54, 1.807) is 14.2 Å². The van der Waals surface area contributed by atoms with Crippen molar-refractivity contribution in [2.24, 2.45) is 0 Å². The average molecular weight is 396 g/mol. The van der Waals surface area contributed by atoms with Crippen LogP contribution < -0.4 is 23.7 Å². The molecule has 0 aliphatic heterocycles. The van der Waals surface area contributed by atoms with Crippen molar-refractivity contribution in [2.75, 3.05) is 34.0 Å². The molecule has 0 amide bonds. The zero-order valence-corrected chi connectivity index (χ0v) is 17.7. The normalized spacial score (nSPS) is 10.7. The van der Waals surface area contributed by atoms with Gasteiger partial charge in [0.1, 0.15) is 28.7 Å². The maximum atomic E-state index is 5.99. The third kappa shape index (κ3) is 4.04. The molecule has 3 aromatic rings. The van der Waals surface area contributed by atoms with Crippen LogP contribution in [0.25, 0.3) is 21.9 Å². The zero-order chi connectivity index (χ0) is 20.8. The number of benzene rings is 3. The summed E-state index contributed by atoms with van der Waals surface area (Å²) in [6.07, 6.45) is 0. The lowest BCUT2D eigenvalue weighted by atomic mass is 9.96. The first-order chi connectivity index (χ1) is 14.2. The van der Waals surface area contributed by atoms with Gasteiger partial charge in [0.2, 0.25) is 0 Å². The van der Waals surface area contributed by atoms with Crippen LogP contribution in [0.4, 0.5) is 0 Å². The fraction of sp³-hybridized carbons (Fsp3) is 0.333. The number of ether oxygens (including phenoxy) is 5. The molecule has 5 heteroatoms. The first-order valence-corrected chi connectivity index (χ1v) is 9.88. The molecule has 29 heavy (non-hydrogen) atoms. The van der Waals surface area contributed by atoms with Gasteiger partial charge in [-0.3, -0.25) is 0 Å². The van der Waals surface area contributed by atoms with Crippen LogP contribution in [0.5, 0.6) is 28.7 Å². The molecule has 0 N–H and O–H groups in total. The Morgan fingerprint density at radius 1 is 0.655 bits per heavy atom. The molecule has 3 aromatic carbocycles. The van der Waals surface area contributed by atoms with Gasteiger partial charge < -0.3 is 23.7 Å². The summed E-state index contributed by atoms with van der Waals surface area (Å²) in [5, 5.41) is 1.94. The molecule has 0 bridgehead atoms. The minimum atomic E-state index is 0.515. The highest BCUT2D eigenvalue weighted by molar-refractivity contribution is 6.01. The Morgan fingerprint density at radius 2 is 1.24 bits per heavy atom. The summed E-state index contributed by atoms with van der Waals surface area (Å²) in [4.78, 5) is 0. The van der Waals surface area contributed by atoms with E-state index in [4.69, 9.17) is 23.7 Å². The Labute approximate surface area is 172 Å². The van der Waals surface area contributed by atoms with Gasteiger partial charge in [0.25, 0.3) is 0 Å². The van der Waals surface area contributed by atoms with Gasteiger partial charge in [0.15, 0.2) is 0 Å². The number of methoxy groups -OCH3 is 2. The summed E-state index contributed by atoms with van der Waals surface area (Å²) in [5.41, 5.74) is 1.66. The highest BCUT2D eigenvalue weighted by Crippen LogP contribution is 2.49. The molecule has 5 nitrogen and oxygen atoms in total. The molecule has 0 unspecified atom stereocenters. The summed E-state index contributed by atoms with van der Waals surface area (Å²) in [6.45, 7) is 7.45. The quantitative estimate of drug-likeness (QED) is 0.463. The van der Waals surface area contributed by atoms with E-state index in [2.05, 4.69) is 0 Å². The Hall–Kier alpha value is -3.08. The predicted octanol–water partition coefficient (Wildman–Crippen LogP) is 5.72. The van der Waals surface area contributed by atoms with E-state index >= 15 is 0 Å². The third-order valence-corrected chi connectivity index (χ3v) is 4.60. The van der Waals surface area contributed by atoms with Crippen LogP contribution in [0.3, 0.4) is 0 Å². The topological polar surface area (TPSA) is 46.2 Å². The molecule has 0 radical (unpaired) electrons. The van der Waals surface area contributed by atoms with Gasteiger partial charge in [-0.15, -0.1) is 0 Å². The van der Waals surface area contributed by atoms with E-state index in [0.717, 1.165) is 33.4 Å². The van der Waals surface area contributed by atoms with Crippen molar-refractivity contribution in [3.05, 3.63) is 42.5 Å². The summed E-state index contributed by atoms with van der Waals surface area (Å²) < 4.78 is 29.3. The van der Waals surface area contributed by atoms with Gasteiger partial charge >= 0.3 is 0 Å². The molecular formula is C24H28O5. The predicted molar refractivity (Wildman–Crippen MR) is 116 cm³/mol. The molecule has 154 valence electrons. The van der Waals surface area contributed by atoms with Crippen molar-refractivity contribution in [1.29, 1.82) is 0 Å². The van der Waals surface area contributed by atoms with Crippen molar-refractivity contribution in [3.8, 4) is 39.9 Å². The lowest BCUT2D eigenvalue weighted by Crippen LogP contribution is -2.03. The molecule has 0 saturated carbocycles. The summed E-state index contributed by atoms with van der Waals surface area (Å²) in [5.74, 6) is 3.56. The van der Waals surface area contributed by atoms with Crippen molar-refractivity contribution in [3.63, 3.8) is 0 Å². The van der Waals surface area contributed by atoms with Crippen molar-refractivity contribution < 1.29 is 23.7 Å². The summed E-state index contributed by atoms with van der Waals surface area (Å²) in [6, 6.07) is 13.8. The fourth-order valence-corrected chi connectivity index (χ4v) is 3.51. The van der Waals surface area contributed by atoms with Crippen LogP contribution in [0.2, 0.25) is 0 Å².